The second kappa shape index (κ2) is 7.00. The van der Waals surface area contributed by atoms with Crippen molar-refractivity contribution in [2.75, 3.05) is 31.1 Å². The van der Waals surface area contributed by atoms with E-state index in [0.29, 0.717) is 33.7 Å². The first kappa shape index (κ1) is 16.4. The molecular formula is C17H15Cl3N2O. The summed E-state index contributed by atoms with van der Waals surface area (Å²) < 4.78 is 0. The summed E-state index contributed by atoms with van der Waals surface area (Å²) >= 11 is 18.2. The average Bonchev–Trinajstić information content (AvgIpc) is 2.54. The summed E-state index contributed by atoms with van der Waals surface area (Å²) in [6.07, 6.45) is 0. The van der Waals surface area contributed by atoms with Gasteiger partial charge in [-0.3, -0.25) is 4.79 Å². The molecule has 1 aliphatic heterocycles. The van der Waals surface area contributed by atoms with Crippen LogP contribution < -0.4 is 4.90 Å². The summed E-state index contributed by atoms with van der Waals surface area (Å²) in [6, 6.07) is 12.6. The van der Waals surface area contributed by atoms with Gasteiger partial charge in [0.25, 0.3) is 5.91 Å². The number of amides is 1. The number of hydrogen-bond donors (Lipinski definition) is 0. The quantitative estimate of drug-likeness (QED) is 0.772. The molecular weight excluding hydrogens is 355 g/mol. The minimum atomic E-state index is -0.0284. The Morgan fingerprint density at radius 2 is 1.48 bits per heavy atom. The Balaban J connectivity index is 1.69. The number of benzene rings is 2. The summed E-state index contributed by atoms with van der Waals surface area (Å²) in [4.78, 5) is 16.6. The summed E-state index contributed by atoms with van der Waals surface area (Å²) in [7, 11) is 0. The maximum absolute atomic E-state index is 12.6. The molecule has 0 aromatic heterocycles. The fraction of sp³-hybridized carbons (Fsp3) is 0.235. The lowest BCUT2D eigenvalue weighted by Gasteiger charge is -2.36. The van der Waals surface area contributed by atoms with Gasteiger partial charge in [-0.1, -0.05) is 46.9 Å². The molecule has 3 nitrogen and oxygen atoms in total. The first-order chi connectivity index (χ1) is 11.0. The minimum Gasteiger partial charge on any atom is -0.368 e. The lowest BCUT2D eigenvalue weighted by Crippen LogP contribution is -2.48. The smallest absolute Gasteiger partial charge is 0.255 e. The van der Waals surface area contributed by atoms with E-state index in [-0.39, 0.29) is 5.91 Å². The van der Waals surface area contributed by atoms with Crippen LogP contribution in [0, 0.1) is 0 Å². The van der Waals surface area contributed by atoms with Gasteiger partial charge in [0.15, 0.2) is 0 Å². The van der Waals surface area contributed by atoms with E-state index in [1.807, 2.05) is 29.2 Å². The van der Waals surface area contributed by atoms with E-state index in [1.54, 1.807) is 18.2 Å². The maximum Gasteiger partial charge on any atom is 0.255 e. The van der Waals surface area contributed by atoms with E-state index < -0.39 is 0 Å². The second-order valence-corrected chi connectivity index (χ2v) is 6.67. The largest absolute Gasteiger partial charge is 0.368 e. The number of halogens is 3. The number of hydrogen-bond acceptors (Lipinski definition) is 2. The molecule has 1 heterocycles. The van der Waals surface area contributed by atoms with Gasteiger partial charge in [0, 0.05) is 41.9 Å². The zero-order valence-electron chi connectivity index (χ0n) is 12.3. The van der Waals surface area contributed by atoms with Crippen LogP contribution in [0.2, 0.25) is 15.1 Å². The Morgan fingerprint density at radius 1 is 0.870 bits per heavy atom. The van der Waals surface area contributed by atoms with Gasteiger partial charge < -0.3 is 9.80 Å². The Morgan fingerprint density at radius 3 is 2.09 bits per heavy atom. The highest BCUT2D eigenvalue weighted by molar-refractivity contribution is 6.35. The van der Waals surface area contributed by atoms with Crippen LogP contribution in [-0.2, 0) is 0 Å². The van der Waals surface area contributed by atoms with Gasteiger partial charge >= 0.3 is 0 Å². The molecule has 0 unspecified atom stereocenters. The molecule has 23 heavy (non-hydrogen) atoms. The summed E-state index contributed by atoms with van der Waals surface area (Å²) in [5.74, 6) is -0.0284. The van der Waals surface area contributed by atoms with Gasteiger partial charge in [-0.15, -0.1) is 0 Å². The molecule has 0 bridgehead atoms. The summed E-state index contributed by atoms with van der Waals surface area (Å²) in [6.45, 7) is 2.72. The number of piperazine rings is 1. The summed E-state index contributed by atoms with van der Waals surface area (Å²) in [5.41, 5.74) is 1.53. The number of anilines is 1. The predicted molar refractivity (Wildman–Crippen MR) is 96.0 cm³/mol. The summed E-state index contributed by atoms with van der Waals surface area (Å²) in [5, 5.41) is 1.71. The average molecular weight is 370 g/mol. The van der Waals surface area contributed by atoms with Gasteiger partial charge in [0.1, 0.15) is 0 Å². The Kier molecular flexibility index (Phi) is 5.00. The van der Waals surface area contributed by atoms with Crippen LogP contribution in [-0.4, -0.2) is 37.0 Å². The maximum atomic E-state index is 12.6. The lowest BCUT2D eigenvalue weighted by molar-refractivity contribution is 0.0747. The molecule has 1 aliphatic rings. The van der Waals surface area contributed by atoms with Gasteiger partial charge in [-0.05, 0) is 30.3 Å². The van der Waals surface area contributed by atoms with Gasteiger partial charge in [0.05, 0.1) is 10.6 Å². The second-order valence-electron chi connectivity index (χ2n) is 5.39. The highest BCUT2D eigenvalue weighted by atomic mass is 35.5. The molecule has 2 aromatic rings. The van der Waals surface area contributed by atoms with Crippen LogP contribution >= 0.6 is 34.8 Å². The van der Waals surface area contributed by atoms with Crippen molar-refractivity contribution in [2.45, 2.75) is 0 Å². The minimum absolute atomic E-state index is 0.0284. The molecule has 0 spiro atoms. The van der Waals surface area contributed by atoms with Crippen molar-refractivity contribution in [3.8, 4) is 0 Å². The van der Waals surface area contributed by atoms with E-state index in [4.69, 9.17) is 34.8 Å². The normalized spacial score (nSPS) is 14.9. The van der Waals surface area contributed by atoms with Gasteiger partial charge in [-0.2, -0.15) is 0 Å². The molecule has 2 aromatic carbocycles. The predicted octanol–water partition coefficient (Wildman–Crippen LogP) is 4.61. The number of carbonyl (C=O) groups excluding carboxylic acids is 1. The molecule has 0 radical (unpaired) electrons. The zero-order chi connectivity index (χ0) is 16.4. The van der Waals surface area contributed by atoms with Crippen molar-refractivity contribution >= 4 is 46.4 Å². The molecule has 120 valence electrons. The van der Waals surface area contributed by atoms with Crippen molar-refractivity contribution in [3.05, 3.63) is 63.1 Å². The van der Waals surface area contributed by atoms with Crippen molar-refractivity contribution in [3.63, 3.8) is 0 Å². The SMILES string of the molecule is O=C(c1ccccc1Cl)N1CCN(c2cc(Cl)cc(Cl)c2)CC1. The molecule has 6 heteroatoms. The van der Waals surface area contributed by atoms with Crippen LogP contribution in [0.1, 0.15) is 10.4 Å². The molecule has 0 atom stereocenters. The lowest BCUT2D eigenvalue weighted by atomic mass is 10.1. The molecule has 1 amide bonds. The van der Waals surface area contributed by atoms with Crippen LogP contribution in [0.5, 0.6) is 0 Å². The van der Waals surface area contributed by atoms with Crippen molar-refractivity contribution in [1.82, 2.24) is 4.90 Å². The Hall–Kier alpha value is -1.42. The topological polar surface area (TPSA) is 23.6 Å². The standard InChI is InChI=1S/C17H15Cl3N2O/c18-12-9-13(19)11-14(10-12)21-5-7-22(8-6-21)17(23)15-3-1-2-4-16(15)20/h1-4,9-11H,5-8H2. The molecule has 1 saturated heterocycles. The number of nitrogens with zero attached hydrogens (tertiary/aromatic N) is 2. The van der Waals surface area contributed by atoms with E-state index in [2.05, 4.69) is 4.90 Å². The van der Waals surface area contributed by atoms with Crippen LogP contribution in [0.3, 0.4) is 0 Å². The van der Waals surface area contributed by atoms with Crippen LogP contribution in [0.15, 0.2) is 42.5 Å². The molecule has 0 N–H and O–H groups in total. The Labute approximate surface area is 150 Å². The molecule has 0 saturated carbocycles. The van der Waals surface area contributed by atoms with Crippen LogP contribution in [0.25, 0.3) is 0 Å². The molecule has 1 fully saturated rings. The third kappa shape index (κ3) is 3.74. The highest BCUT2D eigenvalue weighted by Gasteiger charge is 2.23. The van der Waals surface area contributed by atoms with E-state index in [1.165, 1.54) is 0 Å². The zero-order valence-corrected chi connectivity index (χ0v) is 14.6. The third-order valence-electron chi connectivity index (χ3n) is 3.88. The third-order valence-corrected chi connectivity index (χ3v) is 4.65. The van der Waals surface area contributed by atoms with Gasteiger partial charge in [0.2, 0.25) is 0 Å². The van der Waals surface area contributed by atoms with Gasteiger partial charge in [-0.25, -0.2) is 0 Å². The van der Waals surface area contributed by atoms with Crippen molar-refractivity contribution in [1.29, 1.82) is 0 Å². The number of carbonyl (C=O) groups is 1. The van der Waals surface area contributed by atoms with Crippen molar-refractivity contribution in [2.24, 2.45) is 0 Å². The fourth-order valence-corrected chi connectivity index (χ4v) is 3.43. The first-order valence-corrected chi connectivity index (χ1v) is 8.43. The first-order valence-electron chi connectivity index (χ1n) is 7.29. The Bertz CT molecular complexity index is 707. The van der Waals surface area contributed by atoms with E-state index >= 15 is 0 Å². The monoisotopic (exact) mass is 368 g/mol. The number of rotatable bonds is 2. The van der Waals surface area contributed by atoms with Crippen molar-refractivity contribution < 1.29 is 4.79 Å². The van der Waals surface area contributed by atoms with Crippen LogP contribution in [0.4, 0.5) is 5.69 Å². The van der Waals surface area contributed by atoms with E-state index in [9.17, 15) is 4.79 Å². The molecule has 0 aliphatic carbocycles. The van der Waals surface area contributed by atoms with E-state index in [0.717, 1.165) is 18.8 Å². The fourth-order valence-electron chi connectivity index (χ4n) is 2.69. The highest BCUT2D eigenvalue weighted by Crippen LogP contribution is 2.26. The molecule has 3 rings (SSSR count).